The van der Waals surface area contributed by atoms with Crippen LogP contribution in [0, 0.1) is 18.8 Å². The Bertz CT molecular complexity index is 858. The van der Waals surface area contributed by atoms with Crippen LogP contribution in [0.25, 0.3) is 0 Å². The molecule has 2 N–H and O–H groups in total. The SMILES string of the molecule is Cc1ccc(S(=O)(=O)N[C@H](C(=O)OCC(=O)NC(=O)C2CCCCC2)C(C)C)cc1. The van der Waals surface area contributed by atoms with Gasteiger partial charge in [-0.1, -0.05) is 50.8 Å². The van der Waals surface area contributed by atoms with Crippen LogP contribution >= 0.6 is 0 Å². The van der Waals surface area contributed by atoms with Crippen molar-refractivity contribution in [2.75, 3.05) is 6.61 Å². The van der Waals surface area contributed by atoms with Gasteiger partial charge in [0.05, 0.1) is 4.90 Å². The number of imide groups is 1. The van der Waals surface area contributed by atoms with Crippen molar-refractivity contribution in [3.63, 3.8) is 0 Å². The lowest BCUT2D eigenvalue weighted by molar-refractivity contribution is -0.152. The number of sulfonamides is 1. The van der Waals surface area contributed by atoms with E-state index in [1.165, 1.54) is 12.1 Å². The topological polar surface area (TPSA) is 119 Å². The van der Waals surface area contributed by atoms with E-state index < -0.39 is 40.5 Å². The van der Waals surface area contributed by atoms with E-state index in [9.17, 15) is 22.8 Å². The van der Waals surface area contributed by atoms with Crippen LogP contribution in [0.4, 0.5) is 0 Å². The van der Waals surface area contributed by atoms with Gasteiger partial charge in [0.25, 0.3) is 5.91 Å². The minimum atomic E-state index is -3.94. The average Bonchev–Trinajstić information content (AvgIpc) is 2.71. The van der Waals surface area contributed by atoms with E-state index in [1.807, 2.05) is 6.92 Å². The first kappa shape index (κ1) is 24.0. The summed E-state index contributed by atoms with van der Waals surface area (Å²) < 4.78 is 32.5. The number of aryl methyl sites for hydroxylation is 1. The molecule has 1 aliphatic carbocycles. The van der Waals surface area contributed by atoms with Gasteiger partial charge in [0.1, 0.15) is 6.04 Å². The van der Waals surface area contributed by atoms with Crippen molar-refractivity contribution in [1.82, 2.24) is 10.0 Å². The molecule has 0 bridgehead atoms. The summed E-state index contributed by atoms with van der Waals surface area (Å²) >= 11 is 0. The molecule has 0 aliphatic heterocycles. The minimum absolute atomic E-state index is 0.0300. The Morgan fingerprint density at radius 1 is 1.07 bits per heavy atom. The van der Waals surface area contributed by atoms with Crippen molar-refractivity contribution in [3.05, 3.63) is 29.8 Å². The summed E-state index contributed by atoms with van der Waals surface area (Å²) in [5.41, 5.74) is 0.905. The number of carbonyl (C=O) groups excluding carboxylic acids is 3. The third-order valence-electron chi connectivity index (χ3n) is 5.12. The van der Waals surface area contributed by atoms with Gasteiger partial charge in [-0.2, -0.15) is 4.72 Å². The van der Waals surface area contributed by atoms with Gasteiger partial charge in [0.15, 0.2) is 6.61 Å². The first-order valence-electron chi connectivity index (χ1n) is 10.2. The number of carbonyl (C=O) groups is 3. The van der Waals surface area contributed by atoms with Crippen LogP contribution in [0.1, 0.15) is 51.5 Å². The molecular formula is C21H30N2O6S. The van der Waals surface area contributed by atoms with E-state index in [4.69, 9.17) is 4.74 Å². The van der Waals surface area contributed by atoms with E-state index >= 15 is 0 Å². The lowest BCUT2D eigenvalue weighted by Crippen LogP contribution is -2.46. The van der Waals surface area contributed by atoms with E-state index in [0.29, 0.717) is 0 Å². The summed E-state index contributed by atoms with van der Waals surface area (Å²) in [5.74, 6) is -2.55. The number of esters is 1. The van der Waals surface area contributed by atoms with Crippen LogP contribution in [0.3, 0.4) is 0 Å². The molecule has 1 saturated carbocycles. The van der Waals surface area contributed by atoms with Crippen molar-refractivity contribution >= 4 is 27.8 Å². The Morgan fingerprint density at radius 3 is 2.23 bits per heavy atom. The van der Waals surface area contributed by atoms with Crippen LogP contribution in [-0.4, -0.2) is 38.9 Å². The fraction of sp³-hybridized carbons (Fsp3) is 0.571. The summed E-state index contributed by atoms with van der Waals surface area (Å²) in [6.07, 6.45) is 4.49. The van der Waals surface area contributed by atoms with Gasteiger partial charge in [-0.3, -0.25) is 19.7 Å². The third-order valence-corrected chi connectivity index (χ3v) is 6.58. The molecule has 8 nitrogen and oxygen atoms in total. The molecule has 0 radical (unpaired) electrons. The van der Waals surface area contributed by atoms with Crippen LogP contribution in [0.2, 0.25) is 0 Å². The second kappa shape index (κ2) is 10.7. The predicted octanol–water partition coefficient (Wildman–Crippen LogP) is 2.06. The Labute approximate surface area is 177 Å². The average molecular weight is 439 g/mol. The molecule has 1 atom stereocenters. The largest absolute Gasteiger partial charge is 0.454 e. The Morgan fingerprint density at radius 2 is 1.67 bits per heavy atom. The number of nitrogens with one attached hydrogen (secondary N) is 2. The van der Waals surface area contributed by atoms with Gasteiger partial charge in [-0.15, -0.1) is 0 Å². The maximum Gasteiger partial charge on any atom is 0.324 e. The number of hydrogen-bond acceptors (Lipinski definition) is 6. The third kappa shape index (κ3) is 6.91. The molecule has 0 unspecified atom stereocenters. The predicted molar refractivity (Wildman–Crippen MR) is 111 cm³/mol. The molecule has 2 rings (SSSR count). The molecule has 1 fully saturated rings. The first-order valence-corrected chi connectivity index (χ1v) is 11.7. The number of hydrogen-bond donors (Lipinski definition) is 2. The van der Waals surface area contributed by atoms with Gasteiger partial charge in [-0.25, -0.2) is 8.42 Å². The van der Waals surface area contributed by atoms with Crippen LogP contribution in [0.15, 0.2) is 29.2 Å². The zero-order chi connectivity index (χ0) is 22.3. The highest BCUT2D eigenvalue weighted by atomic mass is 32.2. The molecule has 0 spiro atoms. The zero-order valence-corrected chi connectivity index (χ0v) is 18.5. The van der Waals surface area contributed by atoms with E-state index in [2.05, 4.69) is 10.0 Å². The maximum absolute atomic E-state index is 12.6. The van der Waals surface area contributed by atoms with E-state index in [0.717, 1.165) is 37.7 Å². The van der Waals surface area contributed by atoms with Crippen LogP contribution in [-0.2, 0) is 29.1 Å². The molecule has 0 heterocycles. The summed E-state index contributed by atoms with van der Waals surface area (Å²) in [6.45, 7) is 4.52. The Kier molecular flexibility index (Phi) is 8.54. The summed E-state index contributed by atoms with van der Waals surface area (Å²) in [4.78, 5) is 36.5. The van der Waals surface area contributed by atoms with E-state index in [1.54, 1.807) is 26.0 Å². The highest BCUT2D eigenvalue weighted by Crippen LogP contribution is 2.23. The minimum Gasteiger partial charge on any atom is -0.454 e. The van der Waals surface area contributed by atoms with Crippen molar-refractivity contribution in [2.24, 2.45) is 11.8 Å². The van der Waals surface area contributed by atoms with Gasteiger partial charge in [0.2, 0.25) is 15.9 Å². The monoisotopic (exact) mass is 438 g/mol. The van der Waals surface area contributed by atoms with Gasteiger partial charge in [0, 0.05) is 5.92 Å². The number of rotatable bonds is 8. The molecule has 2 amide bonds. The van der Waals surface area contributed by atoms with E-state index in [-0.39, 0.29) is 16.7 Å². The molecule has 0 aromatic heterocycles. The molecule has 0 saturated heterocycles. The van der Waals surface area contributed by atoms with Crippen molar-refractivity contribution < 1.29 is 27.5 Å². The molecule has 9 heteroatoms. The number of amides is 2. The summed E-state index contributed by atoms with van der Waals surface area (Å²) in [6, 6.07) is 5.05. The molecule has 1 aliphatic rings. The molecule has 166 valence electrons. The Hall–Kier alpha value is -2.26. The van der Waals surface area contributed by atoms with Crippen molar-refractivity contribution in [3.8, 4) is 0 Å². The second-order valence-electron chi connectivity index (χ2n) is 8.01. The standard InChI is InChI=1S/C21H30N2O6S/c1-14(2)19(23-30(27,28)17-11-9-15(3)10-12-17)21(26)29-13-18(24)22-20(25)16-7-5-4-6-8-16/h9-12,14,16,19,23H,4-8,13H2,1-3H3,(H,22,24,25)/t19-/m0/s1. The molecular weight excluding hydrogens is 408 g/mol. The molecule has 30 heavy (non-hydrogen) atoms. The van der Waals surface area contributed by atoms with Crippen molar-refractivity contribution in [2.45, 2.75) is 63.8 Å². The molecule has 1 aromatic rings. The van der Waals surface area contributed by atoms with Gasteiger partial charge < -0.3 is 4.74 Å². The second-order valence-corrected chi connectivity index (χ2v) is 9.73. The highest BCUT2D eigenvalue weighted by molar-refractivity contribution is 7.89. The highest BCUT2D eigenvalue weighted by Gasteiger charge is 2.30. The quantitative estimate of drug-likeness (QED) is 0.600. The normalized spacial score (nSPS) is 16.1. The summed E-state index contributed by atoms with van der Waals surface area (Å²) in [7, 11) is -3.94. The van der Waals surface area contributed by atoms with Crippen molar-refractivity contribution in [1.29, 1.82) is 0 Å². The van der Waals surface area contributed by atoms with Gasteiger partial charge in [-0.05, 0) is 37.8 Å². The maximum atomic E-state index is 12.6. The fourth-order valence-electron chi connectivity index (χ4n) is 3.28. The Balaban J connectivity index is 1.92. The lowest BCUT2D eigenvalue weighted by atomic mass is 9.89. The van der Waals surface area contributed by atoms with Crippen LogP contribution < -0.4 is 10.0 Å². The number of ether oxygens (including phenoxy) is 1. The smallest absolute Gasteiger partial charge is 0.324 e. The molecule has 1 aromatic carbocycles. The fourth-order valence-corrected chi connectivity index (χ4v) is 4.61. The van der Waals surface area contributed by atoms with Crippen LogP contribution in [0.5, 0.6) is 0 Å². The lowest BCUT2D eigenvalue weighted by Gasteiger charge is -2.21. The first-order chi connectivity index (χ1) is 14.1. The number of benzene rings is 1. The zero-order valence-electron chi connectivity index (χ0n) is 17.6. The van der Waals surface area contributed by atoms with Gasteiger partial charge >= 0.3 is 5.97 Å². The summed E-state index contributed by atoms with van der Waals surface area (Å²) in [5, 5.41) is 2.26.